The Kier molecular flexibility index (Phi) is 5.21. The highest BCUT2D eigenvalue weighted by Crippen LogP contribution is 2.27. The van der Waals surface area contributed by atoms with Crippen LogP contribution in [0, 0.1) is 11.7 Å². The zero-order valence-corrected chi connectivity index (χ0v) is 14.2. The van der Waals surface area contributed by atoms with Gasteiger partial charge in [-0.1, -0.05) is 13.5 Å². The van der Waals surface area contributed by atoms with Gasteiger partial charge in [0.2, 0.25) is 0 Å². The number of piperazine rings is 1. The fraction of sp³-hybridized carbons (Fsp3) is 0.579. The van der Waals surface area contributed by atoms with Gasteiger partial charge in [-0.15, -0.1) is 0 Å². The third-order valence-electron chi connectivity index (χ3n) is 5.38. The average molecular weight is 317 g/mol. The van der Waals surface area contributed by atoms with Gasteiger partial charge in [0.1, 0.15) is 5.82 Å². The first-order valence-corrected chi connectivity index (χ1v) is 8.84. The maximum atomic E-state index is 13.0. The molecule has 0 atom stereocenters. The Labute approximate surface area is 139 Å². The summed E-state index contributed by atoms with van der Waals surface area (Å²) in [4.78, 5) is 7.32. The quantitative estimate of drug-likeness (QED) is 0.844. The lowest BCUT2D eigenvalue weighted by Gasteiger charge is -2.42. The Hall–Kier alpha value is -1.55. The van der Waals surface area contributed by atoms with Gasteiger partial charge in [-0.2, -0.15) is 0 Å². The van der Waals surface area contributed by atoms with Crippen molar-refractivity contribution in [1.82, 2.24) is 9.80 Å². The summed E-state index contributed by atoms with van der Waals surface area (Å²) in [7, 11) is 0. The van der Waals surface area contributed by atoms with Crippen molar-refractivity contribution in [3.8, 4) is 0 Å². The molecule has 2 aliphatic rings. The molecule has 0 bridgehead atoms. The number of anilines is 1. The molecule has 0 radical (unpaired) electrons. The number of hydrogen-bond acceptors (Lipinski definition) is 3. The number of nitrogens with zero attached hydrogens (tertiary/aromatic N) is 3. The van der Waals surface area contributed by atoms with E-state index in [0.717, 1.165) is 38.4 Å². The van der Waals surface area contributed by atoms with Crippen molar-refractivity contribution in [1.29, 1.82) is 0 Å². The van der Waals surface area contributed by atoms with E-state index in [2.05, 4.69) is 28.2 Å². The number of likely N-dealkylation sites (tertiary alicyclic amines) is 1. The van der Waals surface area contributed by atoms with Crippen molar-refractivity contribution in [2.75, 3.05) is 50.7 Å². The molecule has 3 nitrogen and oxygen atoms in total. The first-order chi connectivity index (χ1) is 11.2. The minimum absolute atomic E-state index is 0.167. The molecule has 4 heteroatoms. The van der Waals surface area contributed by atoms with Gasteiger partial charge in [-0.3, -0.25) is 0 Å². The summed E-state index contributed by atoms with van der Waals surface area (Å²) in [6, 6.07) is 6.84. The molecular weight excluding hydrogens is 289 g/mol. The molecule has 0 spiro atoms. The van der Waals surface area contributed by atoms with Crippen molar-refractivity contribution in [2.45, 2.75) is 19.8 Å². The smallest absolute Gasteiger partial charge is 0.123 e. The van der Waals surface area contributed by atoms with Crippen LogP contribution in [0.3, 0.4) is 0 Å². The van der Waals surface area contributed by atoms with Crippen molar-refractivity contribution < 1.29 is 4.39 Å². The number of hydrogen-bond donors (Lipinski definition) is 0. The zero-order valence-electron chi connectivity index (χ0n) is 14.2. The third kappa shape index (κ3) is 3.86. The molecular formula is C19H28FN3. The molecule has 23 heavy (non-hydrogen) atoms. The first kappa shape index (κ1) is 16.3. The fourth-order valence-corrected chi connectivity index (χ4v) is 3.74. The zero-order chi connectivity index (χ0) is 16.2. The first-order valence-electron chi connectivity index (χ1n) is 8.84. The molecule has 1 aromatic carbocycles. The Bertz CT molecular complexity index is 512. The van der Waals surface area contributed by atoms with Gasteiger partial charge in [-0.05, 0) is 56.7 Å². The molecule has 2 saturated heterocycles. The maximum absolute atomic E-state index is 13.0. The lowest BCUT2D eigenvalue weighted by molar-refractivity contribution is 0.180. The number of allylic oxidation sites excluding steroid dienone is 1. The van der Waals surface area contributed by atoms with E-state index in [1.807, 2.05) is 12.1 Å². The number of piperidine rings is 1. The summed E-state index contributed by atoms with van der Waals surface area (Å²) < 4.78 is 13.0. The normalized spacial score (nSPS) is 20.8. The van der Waals surface area contributed by atoms with Crippen LogP contribution in [0.1, 0.15) is 19.8 Å². The molecule has 0 amide bonds. The number of halogens is 1. The topological polar surface area (TPSA) is 9.72 Å². The average Bonchev–Trinajstić information content (AvgIpc) is 2.62. The summed E-state index contributed by atoms with van der Waals surface area (Å²) in [5.74, 6) is 0.481. The van der Waals surface area contributed by atoms with E-state index >= 15 is 0 Å². The van der Waals surface area contributed by atoms with Crippen LogP contribution in [0.5, 0.6) is 0 Å². The van der Waals surface area contributed by atoms with E-state index in [1.165, 1.54) is 31.6 Å². The van der Waals surface area contributed by atoms with E-state index in [-0.39, 0.29) is 5.82 Å². The highest BCUT2D eigenvalue weighted by Gasteiger charge is 2.26. The summed E-state index contributed by atoms with van der Waals surface area (Å²) in [6.07, 6.45) is 2.48. The van der Waals surface area contributed by atoms with Crippen LogP contribution in [0.4, 0.5) is 10.1 Å². The molecule has 0 unspecified atom stereocenters. The minimum atomic E-state index is -0.167. The van der Waals surface area contributed by atoms with Gasteiger partial charge in [0.15, 0.2) is 0 Å². The van der Waals surface area contributed by atoms with E-state index in [4.69, 9.17) is 0 Å². The second kappa shape index (κ2) is 7.35. The van der Waals surface area contributed by atoms with Gasteiger partial charge in [-0.25, -0.2) is 4.39 Å². The van der Waals surface area contributed by atoms with Crippen LogP contribution >= 0.6 is 0 Å². The molecule has 2 heterocycles. The van der Waals surface area contributed by atoms with Crippen molar-refractivity contribution in [2.24, 2.45) is 5.92 Å². The fourth-order valence-electron chi connectivity index (χ4n) is 3.74. The second-order valence-electron chi connectivity index (χ2n) is 6.65. The standard InChI is InChI=1S/C19H28FN3/c1-3-21-10-8-17(9-11-21)16(2)22-12-14-23(15-13-22)19-6-4-18(20)5-7-19/h4-7,17H,2-3,8-15H2,1H3. The lowest BCUT2D eigenvalue weighted by Crippen LogP contribution is -2.47. The van der Waals surface area contributed by atoms with Crippen molar-refractivity contribution in [3.63, 3.8) is 0 Å². The maximum Gasteiger partial charge on any atom is 0.123 e. The van der Waals surface area contributed by atoms with Crippen LogP contribution in [-0.2, 0) is 0 Å². The second-order valence-corrected chi connectivity index (χ2v) is 6.65. The van der Waals surface area contributed by atoms with E-state index < -0.39 is 0 Å². The molecule has 2 fully saturated rings. The van der Waals surface area contributed by atoms with Gasteiger partial charge in [0.05, 0.1) is 0 Å². The van der Waals surface area contributed by atoms with E-state index in [9.17, 15) is 4.39 Å². The summed E-state index contributed by atoms with van der Waals surface area (Å²) in [6.45, 7) is 14.2. The van der Waals surface area contributed by atoms with Crippen LogP contribution < -0.4 is 4.90 Å². The molecule has 0 N–H and O–H groups in total. The molecule has 0 aromatic heterocycles. The van der Waals surface area contributed by atoms with Crippen LogP contribution in [0.2, 0.25) is 0 Å². The number of rotatable bonds is 4. The Morgan fingerprint density at radius 2 is 1.65 bits per heavy atom. The predicted octanol–water partition coefficient (Wildman–Crippen LogP) is 3.19. The van der Waals surface area contributed by atoms with E-state index in [0.29, 0.717) is 5.92 Å². The summed E-state index contributed by atoms with van der Waals surface area (Å²) >= 11 is 0. The monoisotopic (exact) mass is 317 g/mol. The highest BCUT2D eigenvalue weighted by molar-refractivity contribution is 5.46. The largest absolute Gasteiger partial charge is 0.372 e. The minimum Gasteiger partial charge on any atom is -0.372 e. The van der Waals surface area contributed by atoms with Crippen LogP contribution in [-0.4, -0.2) is 55.6 Å². The number of benzene rings is 1. The molecule has 2 aliphatic heterocycles. The lowest BCUT2D eigenvalue weighted by atomic mass is 9.93. The van der Waals surface area contributed by atoms with Crippen molar-refractivity contribution in [3.05, 3.63) is 42.4 Å². The van der Waals surface area contributed by atoms with Crippen LogP contribution in [0.25, 0.3) is 0 Å². The van der Waals surface area contributed by atoms with Crippen molar-refractivity contribution >= 4 is 5.69 Å². The van der Waals surface area contributed by atoms with Crippen LogP contribution in [0.15, 0.2) is 36.5 Å². The highest BCUT2D eigenvalue weighted by atomic mass is 19.1. The molecule has 3 rings (SSSR count). The Morgan fingerprint density at radius 1 is 1.04 bits per heavy atom. The summed E-state index contributed by atoms with van der Waals surface area (Å²) in [5.41, 5.74) is 2.45. The predicted molar refractivity (Wildman–Crippen MR) is 94.2 cm³/mol. The summed E-state index contributed by atoms with van der Waals surface area (Å²) in [5, 5.41) is 0. The van der Waals surface area contributed by atoms with E-state index in [1.54, 1.807) is 12.1 Å². The third-order valence-corrected chi connectivity index (χ3v) is 5.38. The Morgan fingerprint density at radius 3 is 2.22 bits per heavy atom. The molecule has 1 aromatic rings. The van der Waals surface area contributed by atoms with Gasteiger partial charge in [0.25, 0.3) is 0 Å². The van der Waals surface area contributed by atoms with Gasteiger partial charge >= 0.3 is 0 Å². The molecule has 0 saturated carbocycles. The molecule has 0 aliphatic carbocycles. The Balaban J connectivity index is 1.50. The van der Waals surface area contributed by atoms with Gasteiger partial charge in [0, 0.05) is 43.5 Å². The SMILES string of the molecule is C=C(C1CCN(CC)CC1)N1CCN(c2ccc(F)cc2)CC1. The molecule has 126 valence electrons. The van der Waals surface area contributed by atoms with Gasteiger partial charge < -0.3 is 14.7 Å².